The molecular weight excluding hydrogens is 268 g/mol. The standard InChI is InChI=1S/C17H22O4/c1-13(16(20-3)12-17(18)21-4)15(19-2)11-10-14-8-6-5-7-9-14/h5-13,15H,1-4H3/b11-10+,16-12+/t13-,15-/m0/s1. The summed E-state index contributed by atoms with van der Waals surface area (Å²) in [6.45, 7) is 1.93. The third-order valence-corrected chi connectivity index (χ3v) is 3.19. The Hall–Kier alpha value is -2.07. The van der Waals surface area contributed by atoms with Crippen molar-refractivity contribution in [2.75, 3.05) is 21.3 Å². The molecule has 1 rings (SSSR count). The van der Waals surface area contributed by atoms with Crippen molar-refractivity contribution in [2.24, 2.45) is 5.92 Å². The monoisotopic (exact) mass is 290 g/mol. The van der Waals surface area contributed by atoms with Crippen LogP contribution in [0.2, 0.25) is 0 Å². The van der Waals surface area contributed by atoms with Gasteiger partial charge in [0.05, 0.1) is 26.4 Å². The largest absolute Gasteiger partial charge is 0.500 e. The van der Waals surface area contributed by atoms with E-state index >= 15 is 0 Å². The van der Waals surface area contributed by atoms with E-state index in [-0.39, 0.29) is 12.0 Å². The predicted molar refractivity (Wildman–Crippen MR) is 82.5 cm³/mol. The van der Waals surface area contributed by atoms with Gasteiger partial charge in [0.2, 0.25) is 0 Å². The molecule has 0 fully saturated rings. The minimum Gasteiger partial charge on any atom is -0.500 e. The van der Waals surface area contributed by atoms with Crippen molar-refractivity contribution in [3.05, 3.63) is 53.8 Å². The van der Waals surface area contributed by atoms with Crippen molar-refractivity contribution < 1.29 is 19.0 Å². The van der Waals surface area contributed by atoms with Gasteiger partial charge < -0.3 is 14.2 Å². The molecule has 1 aromatic carbocycles. The van der Waals surface area contributed by atoms with E-state index < -0.39 is 5.97 Å². The van der Waals surface area contributed by atoms with Crippen LogP contribution in [0.4, 0.5) is 0 Å². The maximum Gasteiger partial charge on any atom is 0.333 e. The number of rotatable bonds is 7. The van der Waals surface area contributed by atoms with Crippen molar-refractivity contribution in [1.29, 1.82) is 0 Å². The summed E-state index contributed by atoms with van der Waals surface area (Å²) in [4.78, 5) is 11.3. The molecule has 114 valence electrons. The normalized spacial score (nSPS) is 14.8. The topological polar surface area (TPSA) is 44.8 Å². The number of hydrogen-bond donors (Lipinski definition) is 0. The zero-order valence-corrected chi connectivity index (χ0v) is 12.9. The van der Waals surface area contributed by atoms with E-state index in [2.05, 4.69) is 4.74 Å². The molecule has 0 saturated heterocycles. The van der Waals surface area contributed by atoms with Gasteiger partial charge >= 0.3 is 5.97 Å². The molecule has 0 saturated carbocycles. The van der Waals surface area contributed by atoms with Crippen molar-refractivity contribution in [3.8, 4) is 0 Å². The molecule has 0 aliphatic carbocycles. The second-order valence-electron chi connectivity index (χ2n) is 4.53. The number of hydrogen-bond acceptors (Lipinski definition) is 4. The van der Waals surface area contributed by atoms with Crippen molar-refractivity contribution in [2.45, 2.75) is 13.0 Å². The van der Waals surface area contributed by atoms with Gasteiger partial charge in [-0.3, -0.25) is 0 Å². The summed E-state index contributed by atoms with van der Waals surface area (Å²) in [7, 11) is 4.49. The van der Waals surface area contributed by atoms with E-state index in [0.29, 0.717) is 5.76 Å². The number of esters is 1. The fraction of sp³-hybridized carbons (Fsp3) is 0.353. The third kappa shape index (κ3) is 5.44. The van der Waals surface area contributed by atoms with E-state index in [1.807, 2.05) is 49.4 Å². The predicted octanol–water partition coefficient (Wildman–Crippen LogP) is 3.05. The lowest BCUT2D eigenvalue weighted by Gasteiger charge is -2.21. The Labute approximate surface area is 126 Å². The fourth-order valence-corrected chi connectivity index (χ4v) is 1.93. The summed E-state index contributed by atoms with van der Waals surface area (Å²) in [5.74, 6) is -0.0361. The van der Waals surface area contributed by atoms with Crippen LogP contribution in [0.15, 0.2) is 48.2 Å². The summed E-state index contributed by atoms with van der Waals surface area (Å²) in [5.41, 5.74) is 1.09. The van der Waals surface area contributed by atoms with Crippen LogP contribution in [0.25, 0.3) is 6.08 Å². The molecule has 0 N–H and O–H groups in total. The van der Waals surface area contributed by atoms with Gasteiger partial charge in [-0.1, -0.05) is 49.4 Å². The average molecular weight is 290 g/mol. The highest BCUT2D eigenvalue weighted by Crippen LogP contribution is 2.20. The molecule has 0 heterocycles. The summed E-state index contributed by atoms with van der Waals surface area (Å²) in [6.07, 6.45) is 5.06. The van der Waals surface area contributed by atoms with E-state index in [1.165, 1.54) is 20.3 Å². The van der Waals surface area contributed by atoms with Gasteiger partial charge in [0.15, 0.2) is 0 Å². The first-order valence-electron chi connectivity index (χ1n) is 6.72. The van der Waals surface area contributed by atoms with Gasteiger partial charge in [-0.25, -0.2) is 4.79 Å². The van der Waals surface area contributed by atoms with E-state index in [1.54, 1.807) is 7.11 Å². The Bertz CT molecular complexity index is 491. The maximum absolute atomic E-state index is 11.3. The quantitative estimate of drug-likeness (QED) is 0.440. The number of methoxy groups -OCH3 is 3. The Morgan fingerprint density at radius 1 is 1.10 bits per heavy atom. The average Bonchev–Trinajstić information content (AvgIpc) is 2.53. The third-order valence-electron chi connectivity index (χ3n) is 3.19. The van der Waals surface area contributed by atoms with Crippen LogP contribution in [0.5, 0.6) is 0 Å². The smallest absolute Gasteiger partial charge is 0.333 e. The molecule has 0 unspecified atom stereocenters. The van der Waals surface area contributed by atoms with E-state index in [0.717, 1.165) is 5.56 Å². The zero-order valence-electron chi connectivity index (χ0n) is 12.9. The number of benzene rings is 1. The lowest BCUT2D eigenvalue weighted by atomic mass is 10.0. The molecule has 0 aliphatic heterocycles. The molecule has 0 aliphatic rings. The van der Waals surface area contributed by atoms with E-state index in [4.69, 9.17) is 9.47 Å². The maximum atomic E-state index is 11.3. The second kappa shape index (κ2) is 8.97. The molecule has 1 aromatic rings. The minimum atomic E-state index is -0.444. The van der Waals surface area contributed by atoms with Crippen LogP contribution in [0.1, 0.15) is 12.5 Å². The van der Waals surface area contributed by atoms with Crippen LogP contribution in [0.3, 0.4) is 0 Å². The van der Waals surface area contributed by atoms with Gasteiger partial charge in [0.1, 0.15) is 5.76 Å². The van der Waals surface area contributed by atoms with Crippen LogP contribution in [-0.4, -0.2) is 33.4 Å². The molecule has 4 nitrogen and oxygen atoms in total. The summed E-state index contributed by atoms with van der Waals surface area (Å²) < 4.78 is 15.4. The highest BCUT2D eigenvalue weighted by atomic mass is 16.5. The Kier molecular flexibility index (Phi) is 7.26. The van der Waals surface area contributed by atoms with Crippen LogP contribution < -0.4 is 0 Å². The lowest BCUT2D eigenvalue weighted by molar-refractivity contribution is -0.135. The Morgan fingerprint density at radius 3 is 2.29 bits per heavy atom. The van der Waals surface area contributed by atoms with Gasteiger partial charge in [-0.2, -0.15) is 0 Å². The van der Waals surface area contributed by atoms with Crippen LogP contribution in [-0.2, 0) is 19.0 Å². The van der Waals surface area contributed by atoms with Crippen molar-refractivity contribution in [3.63, 3.8) is 0 Å². The SMILES string of the molecule is COC(=O)/C=C(/OC)[C@@H](C)[C@H](/C=C/c1ccccc1)OC. The molecule has 0 bridgehead atoms. The molecule has 4 heteroatoms. The number of ether oxygens (including phenoxy) is 3. The minimum absolute atomic E-state index is 0.112. The first-order chi connectivity index (χ1) is 10.1. The summed E-state index contributed by atoms with van der Waals surface area (Å²) >= 11 is 0. The lowest BCUT2D eigenvalue weighted by Crippen LogP contribution is -2.21. The van der Waals surface area contributed by atoms with E-state index in [9.17, 15) is 4.79 Å². The zero-order chi connectivity index (χ0) is 15.7. The molecule has 0 spiro atoms. The first-order valence-corrected chi connectivity index (χ1v) is 6.72. The van der Waals surface area contributed by atoms with Crippen LogP contribution in [0, 0.1) is 5.92 Å². The highest BCUT2D eigenvalue weighted by Gasteiger charge is 2.20. The van der Waals surface area contributed by atoms with Gasteiger partial charge in [0, 0.05) is 13.0 Å². The molecule has 21 heavy (non-hydrogen) atoms. The Morgan fingerprint density at radius 2 is 1.76 bits per heavy atom. The summed E-state index contributed by atoms with van der Waals surface area (Å²) in [5, 5.41) is 0. The Balaban J connectivity index is 2.85. The fourth-order valence-electron chi connectivity index (χ4n) is 1.93. The molecule has 0 amide bonds. The van der Waals surface area contributed by atoms with Gasteiger partial charge in [0.25, 0.3) is 0 Å². The highest BCUT2D eigenvalue weighted by molar-refractivity contribution is 5.82. The van der Waals surface area contributed by atoms with Crippen molar-refractivity contribution >= 4 is 12.0 Å². The van der Waals surface area contributed by atoms with Crippen LogP contribution >= 0.6 is 0 Å². The summed E-state index contributed by atoms with van der Waals surface area (Å²) in [6, 6.07) is 9.94. The second-order valence-corrected chi connectivity index (χ2v) is 4.53. The van der Waals surface area contributed by atoms with Gasteiger partial charge in [-0.15, -0.1) is 0 Å². The molecule has 0 aromatic heterocycles. The number of carbonyl (C=O) groups excluding carboxylic acids is 1. The van der Waals surface area contributed by atoms with Gasteiger partial charge in [-0.05, 0) is 5.56 Å². The molecular formula is C17H22O4. The molecule has 0 radical (unpaired) electrons. The molecule has 2 atom stereocenters. The first kappa shape index (κ1) is 17.0. The van der Waals surface area contributed by atoms with Crippen molar-refractivity contribution in [1.82, 2.24) is 0 Å². The number of carbonyl (C=O) groups is 1.